The average Bonchev–Trinajstić information content (AvgIpc) is 3.40. The van der Waals surface area contributed by atoms with Crippen LogP contribution in [0.5, 0.6) is 5.75 Å². The van der Waals surface area contributed by atoms with E-state index >= 15 is 0 Å². The summed E-state index contributed by atoms with van der Waals surface area (Å²) in [5.74, 6) is 0.586. The second-order valence-electron chi connectivity index (χ2n) is 6.47. The Morgan fingerprint density at radius 1 is 1.07 bits per heavy atom. The number of nitrogens with zero attached hydrogens (tertiary/aromatic N) is 2. The highest BCUT2D eigenvalue weighted by atomic mass is 32.1. The highest BCUT2D eigenvalue weighted by Gasteiger charge is 2.16. The summed E-state index contributed by atoms with van der Waals surface area (Å²) in [6, 6.07) is 14.8. The van der Waals surface area contributed by atoms with E-state index in [4.69, 9.17) is 9.72 Å². The molecule has 0 atom stereocenters. The number of carbonyl (C=O) groups excluding carboxylic acids is 1. The SMILES string of the molecule is COc1ccc(C(=O)Nc2ccc(-c3csc(N4CCCC4)n3)cc2)cc1. The molecule has 1 aliphatic heterocycles. The Kier molecular flexibility index (Phi) is 5.07. The summed E-state index contributed by atoms with van der Waals surface area (Å²) in [5, 5.41) is 6.11. The molecule has 1 amide bonds. The first-order valence-corrected chi connectivity index (χ1v) is 9.87. The number of ether oxygens (including phenoxy) is 1. The van der Waals surface area contributed by atoms with Crippen LogP contribution in [-0.2, 0) is 0 Å². The van der Waals surface area contributed by atoms with Gasteiger partial charge in [0, 0.05) is 35.3 Å². The van der Waals surface area contributed by atoms with Gasteiger partial charge in [0.2, 0.25) is 0 Å². The largest absolute Gasteiger partial charge is 0.497 e. The maximum absolute atomic E-state index is 12.4. The Bertz CT molecular complexity index is 913. The van der Waals surface area contributed by atoms with Crippen LogP contribution in [0.15, 0.2) is 53.9 Å². The molecule has 1 aromatic heterocycles. The molecule has 5 nitrogen and oxygen atoms in total. The van der Waals surface area contributed by atoms with Crippen molar-refractivity contribution >= 4 is 28.1 Å². The van der Waals surface area contributed by atoms with E-state index in [9.17, 15) is 4.79 Å². The number of hydrogen-bond acceptors (Lipinski definition) is 5. The molecule has 1 saturated heterocycles. The second kappa shape index (κ2) is 7.80. The topological polar surface area (TPSA) is 54.5 Å². The predicted molar refractivity (Wildman–Crippen MR) is 110 cm³/mol. The fraction of sp³-hybridized carbons (Fsp3) is 0.238. The van der Waals surface area contributed by atoms with Gasteiger partial charge < -0.3 is 15.0 Å². The smallest absolute Gasteiger partial charge is 0.255 e. The summed E-state index contributed by atoms with van der Waals surface area (Å²) in [6.07, 6.45) is 2.50. The number of carbonyl (C=O) groups is 1. The number of nitrogens with one attached hydrogen (secondary N) is 1. The molecule has 4 rings (SSSR count). The predicted octanol–water partition coefficient (Wildman–Crippen LogP) is 4.67. The van der Waals surface area contributed by atoms with Gasteiger partial charge in [-0.05, 0) is 49.2 Å². The van der Waals surface area contributed by atoms with E-state index in [0.717, 1.165) is 40.9 Å². The summed E-state index contributed by atoms with van der Waals surface area (Å²) in [6.45, 7) is 2.20. The quantitative estimate of drug-likeness (QED) is 0.700. The molecule has 2 aromatic carbocycles. The fourth-order valence-corrected chi connectivity index (χ4v) is 4.01. The maximum Gasteiger partial charge on any atom is 0.255 e. The third-order valence-electron chi connectivity index (χ3n) is 4.66. The Balaban J connectivity index is 1.43. The van der Waals surface area contributed by atoms with Gasteiger partial charge in [0.1, 0.15) is 5.75 Å². The molecule has 0 saturated carbocycles. The van der Waals surface area contributed by atoms with Gasteiger partial charge in [-0.3, -0.25) is 4.79 Å². The van der Waals surface area contributed by atoms with Crippen molar-refractivity contribution in [3.05, 3.63) is 59.5 Å². The van der Waals surface area contributed by atoms with Crippen molar-refractivity contribution in [3.63, 3.8) is 0 Å². The van der Waals surface area contributed by atoms with Gasteiger partial charge in [-0.25, -0.2) is 4.98 Å². The zero-order valence-electron chi connectivity index (χ0n) is 15.1. The molecule has 0 radical (unpaired) electrons. The zero-order valence-corrected chi connectivity index (χ0v) is 16.0. The van der Waals surface area contributed by atoms with Crippen LogP contribution in [0.2, 0.25) is 0 Å². The van der Waals surface area contributed by atoms with Crippen LogP contribution in [0.3, 0.4) is 0 Å². The van der Waals surface area contributed by atoms with Crippen LogP contribution in [0.25, 0.3) is 11.3 Å². The fourth-order valence-electron chi connectivity index (χ4n) is 3.12. The average molecular weight is 379 g/mol. The van der Waals surface area contributed by atoms with Crippen LogP contribution in [0.4, 0.5) is 10.8 Å². The molecule has 27 heavy (non-hydrogen) atoms. The van der Waals surface area contributed by atoms with E-state index in [2.05, 4.69) is 15.6 Å². The van der Waals surface area contributed by atoms with Crippen LogP contribution in [0, 0.1) is 0 Å². The second-order valence-corrected chi connectivity index (χ2v) is 7.31. The van der Waals surface area contributed by atoms with E-state index in [0.29, 0.717) is 5.56 Å². The molecule has 0 bridgehead atoms. The zero-order chi connectivity index (χ0) is 18.6. The first kappa shape index (κ1) is 17.5. The Morgan fingerprint density at radius 3 is 2.44 bits per heavy atom. The maximum atomic E-state index is 12.4. The molecule has 1 N–H and O–H groups in total. The van der Waals surface area contributed by atoms with Crippen molar-refractivity contribution in [2.24, 2.45) is 0 Å². The number of rotatable bonds is 5. The minimum atomic E-state index is -0.143. The van der Waals surface area contributed by atoms with Gasteiger partial charge in [0.15, 0.2) is 5.13 Å². The van der Waals surface area contributed by atoms with Gasteiger partial charge in [-0.2, -0.15) is 0 Å². The summed E-state index contributed by atoms with van der Waals surface area (Å²) in [5.41, 5.74) is 3.39. The number of hydrogen-bond donors (Lipinski definition) is 1. The monoisotopic (exact) mass is 379 g/mol. The van der Waals surface area contributed by atoms with E-state index < -0.39 is 0 Å². The summed E-state index contributed by atoms with van der Waals surface area (Å²) >= 11 is 1.69. The third-order valence-corrected chi connectivity index (χ3v) is 5.56. The lowest BCUT2D eigenvalue weighted by Gasteiger charge is -2.12. The Labute approximate surface area is 162 Å². The highest BCUT2D eigenvalue weighted by Crippen LogP contribution is 2.30. The number of thiazole rings is 1. The lowest BCUT2D eigenvalue weighted by Crippen LogP contribution is -2.17. The number of aromatic nitrogens is 1. The van der Waals surface area contributed by atoms with Gasteiger partial charge in [-0.15, -0.1) is 11.3 Å². The van der Waals surface area contributed by atoms with Gasteiger partial charge >= 0.3 is 0 Å². The molecule has 6 heteroatoms. The van der Waals surface area contributed by atoms with Crippen LogP contribution < -0.4 is 15.0 Å². The van der Waals surface area contributed by atoms with Crippen molar-refractivity contribution < 1.29 is 9.53 Å². The number of methoxy groups -OCH3 is 1. The molecular formula is C21H21N3O2S. The molecule has 1 fully saturated rings. The lowest BCUT2D eigenvalue weighted by molar-refractivity contribution is 0.102. The van der Waals surface area contributed by atoms with E-state index in [1.165, 1.54) is 12.8 Å². The van der Waals surface area contributed by atoms with E-state index in [-0.39, 0.29) is 5.91 Å². The highest BCUT2D eigenvalue weighted by molar-refractivity contribution is 7.14. The molecule has 2 heterocycles. The normalized spacial score (nSPS) is 13.6. The van der Waals surface area contributed by atoms with Crippen molar-refractivity contribution in [1.29, 1.82) is 0 Å². The number of benzene rings is 2. The molecule has 0 aliphatic carbocycles. The minimum absolute atomic E-state index is 0.143. The third kappa shape index (κ3) is 3.95. The summed E-state index contributed by atoms with van der Waals surface area (Å²) in [7, 11) is 1.60. The Hall–Kier alpha value is -2.86. The van der Waals surface area contributed by atoms with Gasteiger partial charge in [-0.1, -0.05) is 12.1 Å². The minimum Gasteiger partial charge on any atom is -0.497 e. The molecule has 0 unspecified atom stereocenters. The molecule has 1 aliphatic rings. The van der Waals surface area contributed by atoms with Crippen molar-refractivity contribution in [3.8, 4) is 17.0 Å². The Morgan fingerprint density at radius 2 is 1.78 bits per heavy atom. The van der Waals surface area contributed by atoms with E-state index in [1.54, 1.807) is 42.7 Å². The first-order valence-electron chi connectivity index (χ1n) is 8.99. The van der Waals surface area contributed by atoms with Crippen LogP contribution >= 0.6 is 11.3 Å². The number of amides is 1. The summed E-state index contributed by atoms with van der Waals surface area (Å²) < 4.78 is 5.12. The summed E-state index contributed by atoms with van der Waals surface area (Å²) in [4.78, 5) is 19.5. The van der Waals surface area contributed by atoms with Crippen molar-refractivity contribution in [2.45, 2.75) is 12.8 Å². The molecular weight excluding hydrogens is 358 g/mol. The standard InChI is InChI=1S/C21H21N3O2S/c1-26-18-10-6-16(7-11-18)20(25)22-17-8-4-15(5-9-17)19-14-27-21(23-19)24-12-2-3-13-24/h4-11,14H,2-3,12-13H2,1H3,(H,22,25). The molecule has 0 spiro atoms. The number of anilines is 2. The van der Waals surface area contributed by atoms with Crippen LogP contribution in [-0.4, -0.2) is 31.1 Å². The van der Waals surface area contributed by atoms with Gasteiger partial charge in [0.05, 0.1) is 12.8 Å². The van der Waals surface area contributed by atoms with Crippen molar-refractivity contribution in [2.75, 3.05) is 30.4 Å². The molecule has 138 valence electrons. The van der Waals surface area contributed by atoms with E-state index in [1.807, 2.05) is 24.3 Å². The lowest BCUT2D eigenvalue weighted by atomic mass is 10.1. The van der Waals surface area contributed by atoms with Crippen molar-refractivity contribution in [1.82, 2.24) is 4.98 Å². The molecule has 3 aromatic rings. The van der Waals surface area contributed by atoms with Crippen LogP contribution in [0.1, 0.15) is 23.2 Å². The van der Waals surface area contributed by atoms with Gasteiger partial charge in [0.25, 0.3) is 5.91 Å². The first-order chi connectivity index (χ1) is 13.2.